The first-order valence-corrected chi connectivity index (χ1v) is 13.6. The van der Waals surface area contributed by atoms with Crippen LogP contribution in [0.5, 0.6) is 5.75 Å². The van der Waals surface area contributed by atoms with Crippen molar-refractivity contribution in [1.82, 2.24) is 10.2 Å². The van der Waals surface area contributed by atoms with Gasteiger partial charge in [0, 0.05) is 35.3 Å². The average molecular weight is 546 g/mol. The smallest absolute Gasteiger partial charge is 0.243 e. The predicted molar refractivity (Wildman–Crippen MR) is 149 cm³/mol. The van der Waals surface area contributed by atoms with Crippen LogP contribution < -0.4 is 10.1 Å². The number of nitrogens with one attached hydrogen (secondary N) is 1. The van der Waals surface area contributed by atoms with E-state index in [1.165, 1.54) is 11.8 Å². The summed E-state index contributed by atoms with van der Waals surface area (Å²) in [5.41, 5.74) is 2.65. The Morgan fingerprint density at radius 1 is 0.972 bits per heavy atom. The monoisotopic (exact) mass is 544 g/mol. The molecule has 3 aromatic carbocycles. The minimum absolute atomic E-state index is 0.141. The van der Waals surface area contributed by atoms with Gasteiger partial charge in [-0.15, -0.1) is 11.8 Å². The number of hydrogen-bond donors (Lipinski definition) is 1. The Morgan fingerprint density at radius 3 is 2.31 bits per heavy atom. The van der Waals surface area contributed by atoms with E-state index in [1.807, 2.05) is 61.5 Å². The molecule has 0 radical (unpaired) electrons. The average Bonchev–Trinajstić information content (AvgIpc) is 2.88. The van der Waals surface area contributed by atoms with Gasteiger partial charge in [-0.2, -0.15) is 0 Å². The molecule has 0 aromatic heterocycles. The second kappa shape index (κ2) is 14.2. The van der Waals surface area contributed by atoms with Crippen molar-refractivity contribution in [3.63, 3.8) is 0 Å². The van der Waals surface area contributed by atoms with Crippen molar-refractivity contribution < 1.29 is 14.3 Å². The van der Waals surface area contributed by atoms with Gasteiger partial charge in [-0.05, 0) is 47.9 Å². The van der Waals surface area contributed by atoms with Crippen molar-refractivity contribution in [2.75, 3.05) is 19.4 Å². The Balaban J connectivity index is 1.86. The van der Waals surface area contributed by atoms with E-state index in [0.717, 1.165) is 16.7 Å². The third kappa shape index (κ3) is 7.92. The number of benzene rings is 3. The van der Waals surface area contributed by atoms with Crippen LogP contribution in [0.15, 0.2) is 72.8 Å². The fourth-order valence-corrected chi connectivity index (χ4v) is 5.45. The highest BCUT2D eigenvalue weighted by Crippen LogP contribution is 2.28. The SMILES string of the molecule is CCNC(=O)[C@H](Cc1ccccc1)N(Cc1cccc(OC)c1)C(=O)CSCc1c(Cl)cccc1Cl. The molecule has 0 saturated carbocycles. The summed E-state index contributed by atoms with van der Waals surface area (Å²) in [6, 6.07) is 22.0. The fourth-order valence-electron chi connectivity index (χ4n) is 3.81. The lowest BCUT2D eigenvalue weighted by Gasteiger charge is -2.31. The summed E-state index contributed by atoms with van der Waals surface area (Å²) in [7, 11) is 1.60. The molecule has 0 aliphatic heterocycles. The van der Waals surface area contributed by atoms with Crippen LogP contribution in [0.2, 0.25) is 10.0 Å². The van der Waals surface area contributed by atoms with Gasteiger partial charge in [0.15, 0.2) is 0 Å². The largest absolute Gasteiger partial charge is 0.497 e. The maximum absolute atomic E-state index is 13.6. The first kappa shape index (κ1) is 27.9. The molecule has 0 aliphatic rings. The molecule has 8 heteroatoms. The Kier molecular flexibility index (Phi) is 11.0. The first-order valence-electron chi connectivity index (χ1n) is 11.7. The third-order valence-corrected chi connectivity index (χ3v) is 7.29. The number of amides is 2. The van der Waals surface area contributed by atoms with Crippen molar-refractivity contribution in [3.8, 4) is 5.75 Å². The van der Waals surface area contributed by atoms with E-state index in [0.29, 0.717) is 34.5 Å². The van der Waals surface area contributed by atoms with E-state index in [9.17, 15) is 9.59 Å². The Labute approximate surface area is 227 Å². The summed E-state index contributed by atoms with van der Waals surface area (Å²) in [6.07, 6.45) is 0.406. The number of halogens is 2. The summed E-state index contributed by atoms with van der Waals surface area (Å²) < 4.78 is 5.36. The van der Waals surface area contributed by atoms with Gasteiger partial charge in [0.05, 0.1) is 12.9 Å². The van der Waals surface area contributed by atoms with Gasteiger partial charge < -0.3 is 15.0 Å². The van der Waals surface area contributed by atoms with Gasteiger partial charge in [0.1, 0.15) is 11.8 Å². The maximum atomic E-state index is 13.6. The molecule has 5 nitrogen and oxygen atoms in total. The van der Waals surface area contributed by atoms with Crippen molar-refractivity contribution in [3.05, 3.63) is 99.5 Å². The molecule has 0 spiro atoms. The van der Waals surface area contributed by atoms with Crippen LogP contribution in [-0.2, 0) is 28.3 Å². The van der Waals surface area contributed by atoms with Crippen LogP contribution in [0, 0.1) is 0 Å². The van der Waals surface area contributed by atoms with E-state index in [1.54, 1.807) is 30.2 Å². The molecular formula is C28H30Cl2N2O3S. The number of methoxy groups -OCH3 is 1. The van der Waals surface area contributed by atoms with E-state index in [4.69, 9.17) is 27.9 Å². The number of carbonyl (C=O) groups is 2. The molecule has 190 valence electrons. The number of carbonyl (C=O) groups excluding carboxylic acids is 2. The quantitative estimate of drug-likeness (QED) is 0.303. The molecule has 3 rings (SSSR count). The molecular weight excluding hydrogens is 515 g/mol. The van der Waals surface area contributed by atoms with Crippen LogP contribution >= 0.6 is 35.0 Å². The van der Waals surface area contributed by atoms with Gasteiger partial charge in [-0.3, -0.25) is 9.59 Å². The van der Waals surface area contributed by atoms with Gasteiger partial charge >= 0.3 is 0 Å². The van der Waals surface area contributed by atoms with E-state index in [2.05, 4.69) is 5.32 Å². The predicted octanol–water partition coefficient (Wildman–Crippen LogP) is 6.01. The summed E-state index contributed by atoms with van der Waals surface area (Å²) in [6.45, 7) is 2.62. The lowest BCUT2D eigenvalue weighted by molar-refractivity contribution is -0.139. The molecule has 0 heterocycles. The lowest BCUT2D eigenvalue weighted by Crippen LogP contribution is -2.51. The minimum atomic E-state index is -0.671. The molecule has 2 amide bonds. The van der Waals surface area contributed by atoms with Crippen LogP contribution in [0.3, 0.4) is 0 Å². The molecule has 1 N–H and O–H groups in total. The summed E-state index contributed by atoms with van der Waals surface area (Å²) in [5.74, 6) is 1.04. The topological polar surface area (TPSA) is 58.6 Å². The molecule has 0 fully saturated rings. The number of nitrogens with zero attached hydrogens (tertiary/aromatic N) is 1. The highest BCUT2D eigenvalue weighted by atomic mass is 35.5. The number of ether oxygens (including phenoxy) is 1. The van der Waals surface area contributed by atoms with Crippen molar-refractivity contribution in [2.45, 2.75) is 31.7 Å². The normalized spacial score (nSPS) is 11.6. The molecule has 1 atom stereocenters. The van der Waals surface area contributed by atoms with Gasteiger partial charge in [-0.1, -0.05) is 71.7 Å². The van der Waals surface area contributed by atoms with Crippen LogP contribution in [0.1, 0.15) is 23.6 Å². The van der Waals surface area contributed by atoms with Crippen LogP contribution in [0.25, 0.3) is 0 Å². The zero-order valence-electron chi connectivity index (χ0n) is 20.4. The summed E-state index contributed by atoms with van der Waals surface area (Å²) >= 11 is 14.0. The Hall–Kier alpha value is -2.67. The zero-order chi connectivity index (χ0) is 25.9. The minimum Gasteiger partial charge on any atom is -0.497 e. The Bertz CT molecular complexity index is 1140. The third-order valence-electron chi connectivity index (χ3n) is 5.64. The second-order valence-corrected chi connectivity index (χ2v) is 9.97. The molecule has 0 unspecified atom stereocenters. The number of likely N-dealkylation sites (N-methyl/N-ethyl adjacent to an activating group) is 1. The molecule has 0 aliphatic carbocycles. The number of rotatable bonds is 12. The second-order valence-electron chi connectivity index (χ2n) is 8.17. The zero-order valence-corrected chi connectivity index (χ0v) is 22.7. The highest BCUT2D eigenvalue weighted by molar-refractivity contribution is 7.99. The first-order chi connectivity index (χ1) is 17.4. The molecule has 0 bridgehead atoms. The Morgan fingerprint density at radius 2 is 1.64 bits per heavy atom. The van der Waals surface area contributed by atoms with Crippen molar-refractivity contribution in [1.29, 1.82) is 0 Å². The number of hydrogen-bond acceptors (Lipinski definition) is 4. The van der Waals surface area contributed by atoms with Crippen molar-refractivity contribution in [2.24, 2.45) is 0 Å². The van der Waals surface area contributed by atoms with E-state index in [-0.39, 0.29) is 24.1 Å². The lowest BCUT2D eigenvalue weighted by atomic mass is 10.0. The van der Waals surface area contributed by atoms with Crippen LogP contribution in [0.4, 0.5) is 0 Å². The van der Waals surface area contributed by atoms with Crippen molar-refractivity contribution >= 4 is 46.8 Å². The van der Waals surface area contributed by atoms with Crippen LogP contribution in [-0.4, -0.2) is 42.2 Å². The van der Waals surface area contributed by atoms with E-state index < -0.39 is 6.04 Å². The standard InChI is InChI=1S/C28H30Cl2N2O3S/c1-3-31-28(34)26(16-20-9-5-4-6-10-20)32(17-21-11-7-12-22(15-21)35-2)27(33)19-36-18-23-24(29)13-8-14-25(23)30/h4-15,26H,3,16-19H2,1-2H3,(H,31,34)/t26-/m0/s1. The maximum Gasteiger partial charge on any atom is 0.243 e. The van der Waals surface area contributed by atoms with Gasteiger partial charge in [-0.25, -0.2) is 0 Å². The van der Waals surface area contributed by atoms with Gasteiger partial charge in [0.25, 0.3) is 0 Å². The number of thioether (sulfide) groups is 1. The fraction of sp³-hybridized carbons (Fsp3) is 0.286. The molecule has 3 aromatic rings. The molecule has 0 saturated heterocycles. The van der Waals surface area contributed by atoms with Gasteiger partial charge in [0.2, 0.25) is 11.8 Å². The highest BCUT2D eigenvalue weighted by Gasteiger charge is 2.30. The summed E-state index contributed by atoms with van der Waals surface area (Å²) in [5, 5.41) is 4.05. The molecule has 36 heavy (non-hydrogen) atoms. The summed E-state index contributed by atoms with van der Waals surface area (Å²) in [4.78, 5) is 28.5. The van der Waals surface area contributed by atoms with E-state index >= 15 is 0 Å².